The van der Waals surface area contributed by atoms with E-state index in [0.29, 0.717) is 24.6 Å². The minimum Gasteiger partial charge on any atom is -0.493 e. The molecule has 1 rings (SSSR count). The molecule has 3 N–H and O–H groups in total. The Morgan fingerprint density at radius 2 is 1.84 bits per heavy atom. The van der Waals surface area contributed by atoms with Gasteiger partial charge >= 0.3 is 0 Å². The fourth-order valence-electron chi connectivity index (χ4n) is 1.55. The molecule has 0 bridgehead atoms. The van der Waals surface area contributed by atoms with Crippen LogP contribution in [0, 0.1) is 0 Å². The van der Waals surface area contributed by atoms with Crippen molar-refractivity contribution < 1.29 is 19.7 Å². The van der Waals surface area contributed by atoms with Crippen molar-refractivity contribution in [2.24, 2.45) is 0 Å². The molecule has 1 unspecified atom stereocenters. The summed E-state index contributed by atoms with van der Waals surface area (Å²) in [5.41, 5.74) is -0.144. The predicted octanol–water partition coefficient (Wildman–Crippen LogP) is 1.30. The van der Waals surface area contributed by atoms with Gasteiger partial charge in [-0.25, -0.2) is 0 Å². The maximum atomic E-state index is 9.68. The smallest absolute Gasteiger partial charge is 0.161 e. The average molecular weight is 334 g/mol. The van der Waals surface area contributed by atoms with E-state index < -0.39 is 5.60 Å². The van der Waals surface area contributed by atoms with Gasteiger partial charge in [0, 0.05) is 17.6 Å². The van der Waals surface area contributed by atoms with Gasteiger partial charge in [0.1, 0.15) is 0 Å². The second-order valence-corrected chi connectivity index (χ2v) is 5.41. The van der Waals surface area contributed by atoms with E-state index in [4.69, 9.17) is 14.6 Å². The molecule has 1 atom stereocenters. The van der Waals surface area contributed by atoms with Crippen LogP contribution in [0.25, 0.3) is 0 Å². The molecule has 1 aromatic carbocycles. The maximum absolute atomic E-state index is 9.68. The summed E-state index contributed by atoms with van der Waals surface area (Å²) < 4.78 is 11.3. The lowest BCUT2D eigenvalue weighted by atomic mass is 10.1. The van der Waals surface area contributed by atoms with Crippen molar-refractivity contribution in [2.75, 3.05) is 27.4 Å². The summed E-state index contributed by atoms with van der Waals surface area (Å²) in [6.07, 6.45) is 0. The average Bonchev–Trinajstić information content (AvgIpc) is 2.40. The van der Waals surface area contributed by atoms with Crippen molar-refractivity contribution in [1.82, 2.24) is 5.32 Å². The van der Waals surface area contributed by atoms with Gasteiger partial charge in [-0.3, -0.25) is 0 Å². The van der Waals surface area contributed by atoms with E-state index in [1.807, 2.05) is 12.1 Å². The summed E-state index contributed by atoms with van der Waals surface area (Å²) in [5, 5.41) is 21.7. The maximum Gasteiger partial charge on any atom is 0.161 e. The molecule has 5 nitrogen and oxygen atoms in total. The lowest BCUT2D eigenvalue weighted by molar-refractivity contribution is 0.00253. The monoisotopic (exact) mass is 333 g/mol. The van der Waals surface area contributed by atoms with Gasteiger partial charge in [-0.1, -0.05) is 15.9 Å². The van der Waals surface area contributed by atoms with Crippen LogP contribution in [-0.4, -0.2) is 43.2 Å². The first-order valence-corrected chi connectivity index (χ1v) is 6.67. The summed E-state index contributed by atoms with van der Waals surface area (Å²) in [4.78, 5) is 0. The molecule has 0 aliphatic rings. The van der Waals surface area contributed by atoms with Gasteiger partial charge < -0.3 is 25.0 Å². The minimum absolute atomic E-state index is 0.285. The van der Waals surface area contributed by atoms with E-state index in [9.17, 15) is 5.11 Å². The number of benzene rings is 1. The Labute approximate surface area is 121 Å². The van der Waals surface area contributed by atoms with Crippen LogP contribution in [0.1, 0.15) is 12.5 Å². The number of hydrogen-bond donors (Lipinski definition) is 3. The zero-order valence-electron chi connectivity index (χ0n) is 11.4. The molecule has 0 spiro atoms. The second kappa shape index (κ2) is 7.09. The summed E-state index contributed by atoms with van der Waals surface area (Å²) in [7, 11) is 3.17. The highest BCUT2D eigenvalue weighted by Crippen LogP contribution is 2.33. The van der Waals surface area contributed by atoms with Crippen LogP contribution >= 0.6 is 15.9 Å². The molecule has 0 aliphatic carbocycles. The quantitative estimate of drug-likeness (QED) is 0.701. The number of aliphatic hydroxyl groups excluding tert-OH is 1. The molecule has 0 aromatic heterocycles. The van der Waals surface area contributed by atoms with Crippen molar-refractivity contribution in [2.45, 2.75) is 19.1 Å². The Balaban J connectivity index is 2.73. The molecule has 0 amide bonds. The molecule has 0 saturated heterocycles. The number of halogens is 1. The van der Waals surface area contributed by atoms with Crippen LogP contribution < -0.4 is 14.8 Å². The van der Waals surface area contributed by atoms with E-state index in [-0.39, 0.29) is 6.61 Å². The SMILES string of the molecule is COc1cc(Br)c(CNCC(C)(O)CO)cc1OC. The molecule has 108 valence electrons. The zero-order chi connectivity index (χ0) is 14.5. The normalized spacial score (nSPS) is 14.0. The third-order valence-electron chi connectivity index (χ3n) is 2.71. The van der Waals surface area contributed by atoms with Crippen LogP contribution in [0.5, 0.6) is 11.5 Å². The summed E-state index contributed by atoms with van der Waals surface area (Å²) in [6, 6.07) is 3.70. The Hall–Kier alpha value is -0.820. The first kappa shape index (κ1) is 16.2. The molecule has 0 fully saturated rings. The Kier molecular flexibility index (Phi) is 6.06. The first-order valence-electron chi connectivity index (χ1n) is 5.88. The fourth-order valence-corrected chi connectivity index (χ4v) is 2.02. The van der Waals surface area contributed by atoms with E-state index in [2.05, 4.69) is 21.2 Å². The minimum atomic E-state index is -1.12. The molecule has 19 heavy (non-hydrogen) atoms. The van der Waals surface area contributed by atoms with Gasteiger partial charge in [-0.2, -0.15) is 0 Å². The first-order chi connectivity index (χ1) is 8.93. The second-order valence-electron chi connectivity index (χ2n) is 4.56. The topological polar surface area (TPSA) is 71.0 Å². The van der Waals surface area contributed by atoms with Gasteiger partial charge in [0.05, 0.1) is 26.4 Å². The summed E-state index contributed by atoms with van der Waals surface area (Å²) in [5.74, 6) is 1.30. The third-order valence-corrected chi connectivity index (χ3v) is 3.45. The fraction of sp³-hybridized carbons (Fsp3) is 0.538. The largest absolute Gasteiger partial charge is 0.493 e. The lowest BCUT2D eigenvalue weighted by Gasteiger charge is -2.21. The molecule has 0 saturated carbocycles. The molecule has 0 aliphatic heterocycles. The highest BCUT2D eigenvalue weighted by atomic mass is 79.9. The lowest BCUT2D eigenvalue weighted by Crippen LogP contribution is -2.40. The van der Waals surface area contributed by atoms with E-state index in [1.54, 1.807) is 21.1 Å². The summed E-state index contributed by atoms with van der Waals surface area (Å²) >= 11 is 3.46. The number of hydrogen-bond acceptors (Lipinski definition) is 5. The molecule has 0 heterocycles. The van der Waals surface area contributed by atoms with E-state index in [1.165, 1.54) is 0 Å². The van der Waals surface area contributed by atoms with Crippen molar-refractivity contribution in [3.63, 3.8) is 0 Å². The molecule has 1 aromatic rings. The molecular weight excluding hydrogens is 314 g/mol. The van der Waals surface area contributed by atoms with Crippen LogP contribution in [0.3, 0.4) is 0 Å². The zero-order valence-corrected chi connectivity index (χ0v) is 13.0. The van der Waals surface area contributed by atoms with E-state index >= 15 is 0 Å². The number of aliphatic hydroxyl groups is 2. The van der Waals surface area contributed by atoms with Gasteiger partial charge in [0.15, 0.2) is 11.5 Å². The Morgan fingerprint density at radius 1 is 1.26 bits per heavy atom. The molecular formula is C13H20BrNO4. The van der Waals surface area contributed by atoms with E-state index in [0.717, 1.165) is 10.0 Å². The number of ether oxygens (including phenoxy) is 2. The van der Waals surface area contributed by atoms with Crippen molar-refractivity contribution in [1.29, 1.82) is 0 Å². The van der Waals surface area contributed by atoms with Crippen LogP contribution in [-0.2, 0) is 6.54 Å². The Bertz CT molecular complexity index is 423. The van der Waals surface area contributed by atoms with Gasteiger partial charge in [0.2, 0.25) is 0 Å². The van der Waals surface area contributed by atoms with Crippen molar-refractivity contribution in [3.8, 4) is 11.5 Å². The van der Waals surface area contributed by atoms with Crippen LogP contribution in [0.15, 0.2) is 16.6 Å². The highest BCUT2D eigenvalue weighted by Gasteiger charge is 2.18. The number of rotatable bonds is 7. The molecule has 0 radical (unpaired) electrons. The molecule has 6 heteroatoms. The third kappa shape index (κ3) is 4.65. The van der Waals surface area contributed by atoms with Crippen molar-refractivity contribution >= 4 is 15.9 Å². The predicted molar refractivity (Wildman–Crippen MR) is 76.7 cm³/mol. The van der Waals surface area contributed by atoms with Crippen LogP contribution in [0.2, 0.25) is 0 Å². The standard InChI is InChI=1S/C13H20BrNO4/c1-13(17,8-16)7-15-6-9-4-11(18-2)12(19-3)5-10(9)14/h4-5,15-17H,6-8H2,1-3H3. The Morgan fingerprint density at radius 3 is 2.37 bits per heavy atom. The highest BCUT2D eigenvalue weighted by molar-refractivity contribution is 9.10. The van der Waals surface area contributed by atoms with Crippen LogP contribution in [0.4, 0.5) is 0 Å². The van der Waals surface area contributed by atoms with Gasteiger partial charge in [-0.05, 0) is 24.6 Å². The summed E-state index contributed by atoms with van der Waals surface area (Å²) in [6.45, 7) is 2.12. The van der Waals surface area contributed by atoms with Gasteiger partial charge in [-0.15, -0.1) is 0 Å². The number of nitrogens with one attached hydrogen (secondary N) is 1. The van der Waals surface area contributed by atoms with Crippen molar-refractivity contribution in [3.05, 3.63) is 22.2 Å². The van der Waals surface area contributed by atoms with Gasteiger partial charge in [0.25, 0.3) is 0 Å². The number of methoxy groups -OCH3 is 2.